The van der Waals surface area contributed by atoms with Crippen molar-refractivity contribution in [3.8, 4) is 22.9 Å². The lowest BCUT2D eigenvalue weighted by Crippen LogP contribution is -2.17. The number of fused-ring (bicyclic) bond motifs is 1. The Balaban J connectivity index is 1.98. The Labute approximate surface area is 191 Å². The topological polar surface area (TPSA) is 133 Å². The first-order chi connectivity index (χ1) is 15.9. The largest absolute Gasteiger partial charge is 0.489 e. The first-order valence-electron chi connectivity index (χ1n) is 10.5. The molecule has 0 spiro atoms. The maximum atomic E-state index is 12.2. The number of pyridine rings is 1. The Bertz CT molecular complexity index is 1420. The molecule has 0 saturated carbocycles. The van der Waals surface area contributed by atoms with Gasteiger partial charge in [0.25, 0.3) is 5.91 Å². The Hall–Kier alpha value is -4.38. The van der Waals surface area contributed by atoms with Gasteiger partial charge >= 0.3 is 0 Å². The van der Waals surface area contributed by atoms with E-state index in [1.807, 2.05) is 63.2 Å². The summed E-state index contributed by atoms with van der Waals surface area (Å²) in [6, 6.07) is 15.8. The van der Waals surface area contributed by atoms with Gasteiger partial charge in [0.15, 0.2) is 17.0 Å². The van der Waals surface area contributed by atoms with Gasteiger partial charge in [-0.2, -0.15) is 10.4 Å². The molecule has 8 nitrogen and oxygen atoms in total. The molecule has 2 heterocycles. The van der Waals surface area contributed by atoms with Gasteiger partial charge in [-0.05, 0) is 49.1 Å². The van der Waals surface area contributed by atoms with E-state index in [2.05, 4.69) is 16.2 Å². The number of primary amides is 1. The number of nitrogens with zero attached hydrogens (tertiary/aromatic N) is 4. The number of anilines is 1. The molecule has 0 fully saturated rings. The van der Waals surface area contributed by atoms with Crippen molar-refractivity contribution in [3.05, 3.63) is 70.5 Å². The Kier molecular flexibility index (Phi) is 5.71. The summed E-state index contributed by atoms with van der Waals surface area (Å²) in [7, 11) is 0. The van der Waals surface area contributed by atoms with E-state index in [-0.39, 0.29) is 17.1 Å². The molecule has 0 radical (unpaired) electrons. The highest BCUT2D eigenvalue weighted by atomic mass is 16.5. The summed E-state index contributed by atoms with van der Waals surface area (Å²) < 4.78 is 7.69. The van der Waals surface area contributed by atoms with Crippen LogP contribution in [0.5, 0.6) is 5.75 Å². The quantitative estimate of drug-likeness (QED) is 0.468. The van der Waals surface area contributed by atoms with Crippen molar-refractivity contribution in [2.75, 3.05) is 5.73 Å². The first-order valence-corrected chi connectivity index (χ1v) is 10.5. The second kappa shape index (κ2) is 8.63. The molecule has 166 valence electrons. The molecule has 2 aromatic carbocycles. The summed E-state index contributed by atoms with van der Waals surface area (Å²) in [5, 5.41) is 14.6. The van der Waals surface area contributed by atoms with Crippen LogP contribution >= 0.6 is 0 Å². The number of nitriles is 1. The van der Waals surface area contributed by atoms with Crippen molar-refractivity contribution in [1.82, 2.24) is 14.8 Å². The van der Waals surface area contributed by atoms with Crippen molar-refractivity contribution >= 4 is 22.6 Å². The minimum absolute atomic E-state index is 0.0500. The molecule has 0 aliphatic rings. The van der Waals surface area contributed by atoms with Crippen LogP contribution < -0.4 is 16.2 Å². The lowest BCUT2D eigenvalue weighted by atomic mass is 9.91. The lowest BCUT2D eigenvalue weighted by molar-refractivity contribution is 0.0997. The lowest BCUT2D eigenvalue weighted by Gasteiger charge is -2.18. The van der Waals surface area contributed by atoms with Gasteiger partial charge in [-0.3, -0.25) is 4.79 Å². The summed E-state index contributed by atoms with van der Waals surface area (Å²) >= 11 is 0. The van der Waals surface area contributed by atoms with Crippen LogP contribution in [0.25, 0.3) is 22.2 Å². The minimum Gasteiger partial charge on any atom is -0.489 e. The maximum absolute atomic E-state index is 12.2. The molecule has 4 aromatic rings. The van der Waals surface area contributed by atoms with Gasteiger partial charge in [-0.1, -0.05) is 36.4 Å². The number of nitrogens with two attached hydrogens (primary N) is 2. The van der Waals surface area contributed by atoms with Gasteiger partial charge in [-0.25, -0.2) is 9.67 Å². The highest BCUT2D eigenvalue weighted by Gasteiger charge is 2.26. The van der Waals surface area contributed by atoms with E-state index in [1.165, 1.54) is 0 Å². The van der Waals surface area contributed by atoms with Crippen molar-refractivity contribution in [3.63, 3.8) is 0 Å². The van der Waals surface area contributed by atoms with Crippen molar-refractivity contribution in [1.29, 1.82) is 5.26 Å². The van der Waals surface area contributed by atoms with Crippen LogP contribution in [0, 0.1) is 25.2 Å². The molecule has 4 N–H and O–H groups in total. The minimum atomic E-state index is -0.746. The van der Waals surface area contributed by atoms with Crippen molar-refractivity contribution < 1.29 is 9.53 Å². The zero-order valence-electron chi connectivity index (χ0n) is 18.7. The Morgan fingerprint density at radius 1 is 1.15 bits per heavy atom. The number of carbonyl (C=O) groups is 1. The van der Waals surface area contributed by atoms with Crippen LogP contribution in [0.4, 0.5) is 5.69 Å². The molecule has 1 amide bonds. The number of hydrogen-bond acceptors (Lipinski definition) is 6. The molecule has 0 aliphatic carbocycles. The third kappa shape index (κ3) is 3.74. The summed E-state index contributed by atoms with van der Waals surface area (Å²) in [6.07, 6.45) is 0. The van der Waals surface area contributed by atoms with Gasteiger partial charge < -0.3 is 16.2 Å². The molecule has 8 heteroatoms. The monoisotopic (exact) mass is 440 g/mol. The fraction of sp³-hybridized carbons (Fsp3) is 0.200. The average molecular weight is 441 g/mol. The van der Waals surface area contributed by atoms with Crippen LogP contribution in [0.3, 0.4) is 0 Å². The number of amides is 1. The molecule has 33 heavy (non-hydrogen) atoms. The molecule has 0 unspecified atom stereocenters. The van der Waals surface area contributed by atoms with E-state index in [0.29, 0.717) is 35.5 Å². The van der Waals surface area contributed by atoms with Gasteiger partial charge in [-0.15, -0.1) is 0 Å². The molecule has 0 bridgehead atoms. The molecule has 0 saturated heterocycles. The van der Waals surface area contributed by atoms with E-state index in [9.17, 15) is 10.1 Å². The highest BCUT2D eigenvalue weighted by molar-refractivity contribution is 6.10. The van der Waals surface area contributed by atoms with Crippen molar-refractivity contribution in [2.24, 2.45) is 5.73 Å². The third-order valence-corrected chi connectivity index (χ3v) is 5.67. The van der Waals surface area contributed by atoms with Gasteiger partial charge in [0.1, 0.15) is 18.4 Å². The summed E-state index contributed by atoms with van der Waals surface area (Å²) in [4.78, 5) is 16.6. The van der Waals surface area contributed by atoms with Gasteiger partial charge in [0.2, 0.25) is 0 Å². The van der Waals surface area contributed by atoms with Crippen molar-refractivity contribution in [2.45, 2.75) is 33.9 Å². The second-order valence-electron chi connectivity index (χ2n) is 7.74. The molecule has 4 rings (SSSR count). The van der Waals surface area contributed by atoms with Crippen LogP contribution in [-0.4, -0.2) is 20.7 Å². The van der Waals surface area contributed by atoms with E-state index < -0.39 is 5.91 Å². The van der Waals surface area contributed by atoms with Crippen LogP contribution in [0.15, 0.2) is 42.5 Å². The molecular formula is C25H24N6O2. The first kappa shape index (κ1) is 21.8. The summed E-state index contributed by atoms with van der Waals surface area (Å²) in [5.41, 5.74) is 16.8. The standard InChI is InChI=1S/C25H24N6O2/c1-4-31-25-20(17(12-26)30-31)21(22(27)23(29-25)24(28)32)19-14(2)10-11-18(15(19)3)33-13-16-8-6-5-7-9-16/h5-11H,4,13,27H2,1-3H3,(H2,28,32). The van der Waals surface area contributed by atoms with E-state index in [0.717, 1.165) is 22.3 Å². The number of rotatable bonds is 6. The molecule has 0 aliphatic heterocycles. The predicted octanol–water partition coefficient (Wildman–Crippen LogP) is 3.87. The number of nitrogen functional groups attached to an aromatic ring is 1. The normalized spacial score (nSPS) is 10.8. The van der Waals surface area contributed by atoms with Crippen LogP contribution in [0.2, 0.25) is 0 Å². The zero-order valence-corrected chi connectivity index (χ0v) is 18.7. The fourth-order valence-corrected chi connectivity index (χ4v) is 4.07. The fourth-order valence-electron chi connectivity index (χ4n) is 4.07. The zero-order chi connectivity index (χ0) is 23.7. The van der Waals surface area contributed by atoms with E-state index in [1.54, 1.807) is 4.68 Å². The Morgan fingerprint density at radius 2 is 1.88 bits per heavy atom. The maximum Gasteiger partial charge on any atom is 0.269 e. The summed E-state index contributed by atoms with van der Waals surface area (Å²) in [5.74, 6) is -0.0735. The van der Waals surface area contributed by atoms with Crippen LogP contribution in [0.1, 0.15) is 39.8 Å². The molecular weight excluding hydrogens is 416 g/mol. The second-order valence-corrected chi connectivity index (χ2v) is 7.74. The number of hydrogen-bond donors (Lipinski definition) is 2. The number of aryl methyl sites for hydroxylation is 2. The number of benzene rings is 2. The SMILES string of the molecule is CCn1nc(C#N)c2c(-c3c(C)ccc(OCc4ccccc4)c3C)c(N)c(C(N)=O)nc21. The van der Waals surface area contributed by atoms with Gasteiger partial charge in [0.05, 0.1) is 11.1 Å². The number of ether oxygens (including phenoxy) is 1. The summed E-state index contributed by atoms with van der Waals surface area (Å²) in [6.45, 7) is 6.60. The predicted molar refractivity (Wildman–Crippen MR) is 127 cm³/mol. The molecule has 0 atom stereocenters. The van der Waals surface area contributed by atoms with Crippen LogP contribution in [-0.2, 0) is 13.2 Å². The Morgan fingerprint density at radius 3 is 2.52 bits per heavy atom. The van der Waals surface area contributed by atoms with E-state index in [4.69, 9.17) is 16.2 Å². The number of carbonyl (C=O) groups excluding carboxylic acids is 1. The number of aromatic nitrogens is 3. The van der Waals surface area contributed by atoms with Gasteiger partial charge in [0, 0.05) is 12.1 Å². The average Bonchev–Trinajstić information content (AvgIpc) is 3.17. The smallest absolute Gasteiger partial charge is 0.269 e. The third-order valence-electron chi connectivity index (χ3n) is 5.67. The highest BCUT2D eigenvalue weighted by Crippen LogP contribution is 2.42. The van der Waals surface area contributed by atoms with E-state index >= 15 is 0 Å². The molecule has 2 aromatic heterocycles.